The van der Waals surface area contributed by atoms with Crippen molar-refractivity contribution >= 4 is 50.0 Å². The Morgan fingerprint density at radius 2 is 2.19 bits per heavy atom. The number of halogens is 1. The van der Waals surface area contributed by atoms with E-state index in [2.05, 4.69) is 20.9 Å². The second kappa shape index (κ2) is 5.68. The van der Waals surface area contributed by atoms with Gasteiger partial charge in [-0.2, -0.15) is 5.26 Å². The van der Waals surface area contributed by atoms with Crippen molar-refractivity contribution in [3.8, 4) is 6.07 Å². The number of fused-ring (bicyclic) bond motifs is 1. The van der Waals surface area contributed by atoms with Gasteiger partial charge in [0.15, 0.2) is 0 Å². The first kappa shape index (κ1) is 13.8. The van der Waals surface area contributed by atoms with Crippen molar-refractivity contribution < 1.29 is 4.79 Å². The van der Waals surface area contributed by atoms with E-state index in [4.69, 9.17) is 0 Å². The fourth-order valence-electron chi connectivity index (χ4n) is 2.10. The lowest BCUT2D eigenvalue weighted by Crippen LogP contribution is -2.00. The van der Waals surface area contributed by atoms with E-state index in [0.29, 0.717) is 5.56 Å². The lowest BCUT2D eigenvalue weighted by atomic mass is 10.0. The van der Waals surface area contributed by atoms with E-state index >= 15 is 0 Å². The summed E-state index contributed by atoms with van der Waals surface area (Å²) in [5.74, 6) is -0.264. The molecule has 0 radical (unpaired) electrons. The maximum Gasteiger partial charge on any atom is 0.205 e. The first-order chi connectivity index (χ1) is 10.2. The first-order valence-corrected chi connectivity index (χ1v) is 7.83. The molecule has 3 nitrogen and oxygen atoms in total. The molecule has 1 N–H and O–H groups in total. The number of allylic oxidation sites excluding steroid dienone is 1. The van der Waals surface area contributed by atoms with Crippen molar-refractivity contribution in [3.63, 3.8) is 0 Å². The molecule has 0 bridgehead atoms. The molecule has 0 aliphatic carbocycles. The molecule has 3 aromatic rings. The molecule has 0 fully saturated rings. The smallest absolute Gasteiger partial charge is 0.205 e. The normalized spacial score (nSPS) is 11.5. The van der Waals surface area contributed by atoms with Crippen LogP contribution in [0.4, 0.5) is 0 Å². The van der Waals surface area contributed by atoms with Gasteiger partial charge in [0, 0.05) is 37.4 Å². The molecule has 0 aliphatic rings. The molecule has 0 atom stereocenters. The third-order valence-corrected chi connectivity index (χ3v) is 4.71. The Morgan fingerprint density at radius 1 is 1.38 bits per heavy atom. The van der Waals surface area contributed by atoms with Crippen LogP contribution in [0.25, 0.3) is 17.0 Å². The van der Waals surface area contributed by atoms with E-state index in [0.717, 1.165) is 20.3 Å². The van der Waals surface area contributed by atoms with Crippen molar-refractivity contribution in [2.24, 2.45) is 0 Å². The highest BCUT2D eigenvalue weighted by Gasteiger charge is 2.16. The molecular weight excluding hydrogens is 348 g/mol. The Kier molecular flexibility index (Phi) is 3.74. The van der Waals surface area contributed by atoms with Gasteiger partial charge >= 0.3 is 0 Å². The molecule has 2 aromatic heterocycles. The van der Waals surface area contributed by atoms with Crippen LogP contribution in [0.15, 0.2) is 52.0 Å². The molecule has 2 heterocycles. The Labute approximate surface area is 133 Å². The summed E-state index contributed by atoms with van der Waals surface area (Å²) in [5, 5.41) is 12.0. The van der Waals surface area contributed by atoms with Crippen molar-refractivity contribution in [2.45, 2.75) is 0 Å². The second-order valence-electron chi connectivity index (χ2n) is 4.41. The number of aromatic nitrogens is 1. The summed E-state index contributed by atoms with van der Waals surface area (Å²) in [4.78, 5) is 16.5. The molecule has 0 saturated carbocycles. The number of aromatic amines is 1. The maximum absolute atomic E-state index is 12.5. The van der Waals surface area contributed by atoms with Crippen molar-refractivity contribution in [3.05, 3.63) is 62.4 Å². The van der Waals surface area contributed by atoms with Crippen LogP contribution in [0.1, 0.15) is 15.2 Å². The fraction of sp³-hybridized carbons (Fsp3) is 0. The molecule has 0 amide bonds. The van der Waals surface area contributed by atoms with Crippen LogP contribution < -0.4 is 0 Å². The summed E-state index contributed by atoms with van der Waals surface area (Å²) >= 11 is 4.84. The number of nitriles is 1. The Bertz CT molecular complexity index is 898. The molecule has 102 valence electrons. The molecule has 21 heavy (non-hydrogen) atoms. The third-order valence-electron chi connectivity index (χ3n) is 3.07. The molecule has 1 aromatic carbocycles. The Balaban J connectivity index is 2.04. The number of nitrogens with one attached hydrogen (secondary N) is 1. The van der Waals surface area contributed by atoms with Crippen LogP contribution in [0, 0.1) is 11.3 Å². The van der Waals surface area contributed by atoms with Gasteiger partial charge in [-0.1, -0.05) is 18.2 Å². The van der Waals surface area contributed by atoms with E-state index in [1.54, 1.807) is 12.3 Å². The zero-order valence-corrected chi connectivity index (χ0v) is 13.2. The Morgan fingerprint density at radius 3 is 2.90 bits per heavy atom. The quantitative estimate of drug-likeness (QED) is 0.417. The monoisotopic (exact) mass is 356 g/mol. The van der Waals surface area contributed by atoms with Crippen molar-refractivity contribution in [1.82, 2.24) is 4.98 Å². The number of hydrogen-bond acceptors (Lipinski definition) is 3. The van der Waals surface area contributed by atoms with Crippen LogP contribution in [0.3, 0.4) is 0 Å². The average Bonchev–Trinajstić information content (AvgIpc) is 3.10. The molecule has 3 rings (SSSR count). The number of hydrogen-bond donors (Lipinski definition) is 1. The van der Waals surface area contributed by atoms with Crippen molar-refractivity contribution in [1.29, 1.82) is 5.26 Å². The van der Waals surface area contributed by atoms with E-state index in [-0.39, 0.29) is 11.4 Å². The number of ketones is 1. The molecule has 0 aliphatic heterocycles. The van der Waals surface area contributed by atoms with E-state index in [1.807, 2.05) is 41.8 Å². The zero-order valence-electron chi connectivity index (χ0n) is 10.8. The topological polar surface area (TPSA) is 56.6 Å². The van der Waals surface area contributed by atoms with Gasteiger partial charge in [-0.3, -0.25) is 4.79 Å². The lowest BCUT2D eigenvalue weighted by Gasteiger charge is -1.97. The average molecular weight is 357 g/mol. The molecule has 5 heteroatoms. The molecule has 0 spiro atoms. The summed E-state index contributed by atoms with van der Waals surface area (Å²) in [6.45, 7) is 0. The maximum atomic E-state index is 12.5. The minimum atomic E-state index is -0.264. The van der Waals surface area contributed by atoms with Gasteiger partial charge in [-0.15, -0.1) is 11.3 Å². The van der Waals surface area contributed by atoms with Gasteiger partial charge in [-0.05, 0) is 34.1 Å². The number of thiophene rings is 1. The molecular formula is C16H9BrN2OS. The van der Waals surface area contributed by atoms with Crippen LogP contribution in [0.5, 0.6) is 0 Å². The van der Waals surface area contributed by atoms with E-state index < -0.39 is 0 Å². The predicted octanol–water partition coefficient (Wildman–Crippen LogP) is 4.78. The number of nitrogens with zero attached hydrogens (tertiary/aromatic N) is 1. The van der Waals surface area contributed by atoms with Crippen molar-refractivity contribution in [2.75, 3.05) is 0 Å². The number of carbonyl (C=O) groups is 1. The van der Waals surface area contributed by atoms with Gasteiger partial charge in [0.2, 0.25) is 5.78 Å². The summed E-state index contributed by atoms with van der Waals surface area (Å²) in [6.07, 6.45) is 3.28. The first-order valence-electron chi connectivity index (χ1n) is 6.15. The SMILES string of the molecule is N#C/C(=C\c1cc(Br)cs1)C(=O)c1c[nH]c2ccccc12. The van der Waals surface area contributed by atoms with Crippen LogP contribution in [0.2, 0.25) is 0 Å². The third kappa shape index (κ3) is 2.68. The van der Waals surface area contributed by atoms with Gasteiger partial charge in [0.1, 0.15) is 11.6 Å². The second-order valence-corrected chi connectivity index (χ2v) is 6.27. The fourth-order valence-corrected chi connectivity index (χ4v) is 3.48. The van der Waals surface area contributed by atoms with Crippen LogP contribution >= 0.6 is 27.3 Å². The van der Waals surface area contributed by atoms with E-state index in [9.17, 15) is 10.1 Å². The number of para-hydroxylation sites is 1. The van der Waals surface area contributed by atoms with Gasteiger partial charge < -0.3 is 4.98 Å². The standard InChI is InChI=1S/C16H9BrN2OS/c17-11-6-12(21-9-11)5-10(7-18)16(20)14-8-19-15-4-2-1-3-13(14)15/h1-6,8-9,19H/b10-5+. The summed E-state index contributed by atoms with van der Waals surface area (Å²) in [6, 6.07) is 11.4. The van der Waals surface area contributed by atoms with Gasteiger partial charge in [0.25, 0.3) is 0 Å². The zero-order chi connectivity index (χ0) is 14.8. The molecule has 0 unspecified atom stereocenters. The van der Waals surface area contributed by atoms with E-state index in [1.165, 1.54) is 11.3 Å². The minimum absolute atomic E-state index is 0.133. The summed E-state index contributed by atoms with van der Waals surface area (Å²) in [5.41, 5.74) is 1.54. The van der Waals surface area contributed by atoms with Crippen LogP contribution in [-0.2, 0) is 0 Å². The van der Waals surface area contributed by atoms with Gasteiger partial charge in [-0.25, -0.2) is 0 Å². The summed E-state index contributed by atoms with van der Waals surface area (Å²) < 4.78 is 0.940. The largest absolute Gasteiger partial charge is 0.360 e. The highest BCUT2D eigenvalue weighted by molar-refractivity contribution is 9.10. The predicted molar refractivity (Wildman–Crippen MR) is 88.2 cm³/mol. The highest BCUT2D eigenvalue weighted by Crippen LogP contribution is 2.25. The molecule has 0 saturated heterocycles. The van der Waals surface area contributed by atoms with Gasteiger partial charge in [0.05, 0.1) is 0 Å². The number of Topliss-reactive ketones (excluding diaryl/α,β-unsaturated/α-hetero) is 1. The number of H-pyrrole nitrogens is 1. The number of carbonyl (C=O) groups excluding carboxylic acids is 1. The highest BCUT2D eigenvalue weighted by atomic mass is 79.9. The number of benzene rings is 1. The lowest BCUT2D eigenvalue weighted by molar-refractivity contribution is 0.104. The number of rotatable bonds is 3. The Hall–Kier alpha value is -2.16. The van der Waals surface area contributed by atoms with Crippen LogP contribution in [-0.4, -0.2) is 10.8 Å². The summed E-state index contributed by atoms with van der Waals surface area (Å²) in [7, 11) is 0. The minimum Gasteiger partial charge on any atom is -0.360 e.